The van der Waals surface area contributed by atoms with Crippen molar-refractivity contribution in [2.75, 3.05) is 21.3 Å². The second-order valence-corrected chi connectivity index (χ2v) is 15.2. The molecular weight excluding hydrogens is 1030 g/mol. The molecule has 1 aliphatic carbocycles. The predicted molar refractivity (Wildman–Crippen MR) is 221 cm³/mol. The van der Waals surface area contributed by atoms with Crippen LogP contribution in [0.4, 0.5) is 31.0 Å². The summed E-state index contributed by atoms with van der Waals surface area (Å²) in [4.78, 5) is 60.4. The molecule has 2 aromatic heterocycles. The van der Waals surface area contributed by atoms with E-state index < -0.39 is 23.9 Å². The van der Waals surface area contributed by atoms with Crippen LogP contribution in [-0.4, -0.2) is 34.8 Å². The maximum atomic E-state index is 12.2. The molecular formula is C32H25Br5N6O6S2. The van der Waals surface area contributed by atoms with Gasteiger partial charge in [-0.2, -0.15) is 0 Å². The smallest absolute Gasteiger partial charge is 0.324 e. The third-order valence-electron chi connectivity index (χ3n) is 7.03. The Balaban J connectivity index is 0.000000218. The molecule has 12 nitrogen and oxygen atoms in total. The zero-order chi connectivity index (χ0) is 37.4. The van der Waals surface area contributed by atoms with Gasteiger partial charge in [0.25, 0.3) is 11.8 Å². The maximum absolute atomic E-state index is 12.2. The number of fused-ring (bicyclic) bond motifs is 2. The number of urea groups is 2. The lowest BCUT2D eigenvalue weighted by molar-refractivity contribution is -0.118. The second kappa shape index (κ2) is 18.4. The number of benzene rings is 3. The Morgan fingerprint density at radius 3 is 1.65 bits per heavy atom. The Bertz CT molecular complexity index is 2120. The van der Waals surface area contributed by atoms with Crippen LogP contribution in [0.2, 0.25) is 0 Å². The number of ketones is 1. The summed E-state index contributed by atoms with van der Waals surface area (Å²) in [7, 11) is 0. The Labute approximate surface area is 339 Å². The van der Waals surface area contributed by atoms with Gasteiger partial charge in [-0.3, -0.25) is 25.0 Å². The summed E-state index contributed by atoms with van der Waals surface area (Å²) in [5.74, 6) is -1.09. The van der Waals surface area contributed by atoms with Gasteiger partial charge < -0.3 is 27.2 Å². The van der Waals surface area contributed by atoms with Crippen LogP contribution in [0.5, 0.6) is 5.75 Å². The molecule has 9 N–H and O–H groups in total. The molecule has 6 amide bonds. The summed E-state index contributed by atoms with van der Waals surface area (Å²) in [6.45, 7) is 0. The third-order valence-corrected chi connectivity index (χ3v) is 11.4. The SMILES string of the molecule is BrBr.NC(=O)c1c(NC(=O)Nc2ccc(Br)cc2)sc2c(Br)c(O)ccc12.NC(=O)c1c(NC(=O)Nc2ccc(Br)cc2)sc2c1CCC(=O)C2. The first-order valence-corrected chi connectivity index (χ1v) is 22.0. The fourth-order valence-electron chi connectivity index (χ4n) is 4.85. The topological polar surface area (TPSA) is 206 Å². The average molecular weight is 1050 g/mol. The predicted octanol–water partition coefficient (Wildman–Crippen LogP) is 9.88. The number of carbonyl (C=O) groups excluding carboxylic acids is 5. The van der Waals surface area contributed by atoms with Crippen LogP contribution in [0.1, 0.15) is 37.6 Å². The van der Waals surface area contributed by atoms with Gasteiger partial charge in [0.2, 0.25) is 0 Å². The van der Waals surface area contributed by atoms with Gasteiger partial charge in [-0.1, -0.05) is 31.9 Å². The molecule has 6 rings (SSSR count). The lowest BCUT2D eigenvalue weighted by atomic mass is 9.94. The van der Waals surface area contributed by atoms with Crippen LogP contribution >= 0.6 is 98.7 Å². The number of nitrogens with one attached hydrogen (secondary N) is 4. The first-order chi connectivity index (χ1) is 24.3. The number of hydrogen-bond acceptors (Lipinski definition) is 8. The molecule has 2 heterocycles. The van der Waals surface area contributed by atoms with Crippen LogP contribution in [-0.2, 0) is 17.6 Å². The number of aromatic hydroxyl groups is 1. The highest BCUT2D eigenvalue weighted by Crippen LogP contribution is 2.43. The van der Waals surface area contributed by atoms with Crippen molar-refractivity contribution in [1.82, 2.24) is 0 Å². The molecule has 266 valence electrons. The number of hydrogen-bond donors (Lipinski definition) is 7. The molecule has 3 aromatic carbocycles. The molecule has 0 saturated heterocycles. The van der Waals surface area contributed by atoms with E-state index in [1.54, 1.807) is 54.6 Å². The number of anilines is 4. The summed E-state index contributed by atoms with van der Waals surface area (Å²) < 4.78 is 2.86. The van der Waals surface area contributed by atoms with E-state index in [0.717, 1.165) is 30.7 Å². The number of amides is 6. The first kappa shape index (κ1) is 40.4. The highest BCUT2D eigenvalue weighted by Gasteiger charge is 2.28. The minimum absolute atomic E-state index is 0.0376. The van der Waals surface area contributed by atoms with Crippen molar-refractivity contribution < 1.29 is 29.1 Å². The number of primary amides is 2. The maximum Gasteiger partial charge on any atom is 0.324 e. The zero-order valence-electron chi connectivity index (χ0n) is 25.7. The zero-order valence-corrected chi connectivity index (χ0v) is 35.3. The Kier molecular flexibility index (Phi) is 14.6. The van der Waals surface area contributed by atoms with E-state index in [1.807, 2.05) is 0 Å². The van der Waals surface area contributed by atoms with E-state index in [-0.39, 0.29) is 23.5 Å². The van der Waals surface area contributed by atoms with Gasteiger partial charge in [-0.25, -0.2) is 9.59 Å². The van der Waals surface area contributed by atoms with Gasteiger partial charge >= 0.3 is 12.1 Å². The number of Topliss-reactive ketones (excluding diaryl/α,β-unsaturated/α-hetero) is 1. The number of halogens is 5. The van der Waals surface area contributed by atoms with Gasteiger partial charge in [-0.05, 0) is 88.6 Å². The number of phenolic OH excluding ortho intramolecular Hbond substituents is 1. The largest absolute Gasteiger partial charge is 0.507 e. The average Bonchev–Trinajstić information content (AvgIpc) is 3.63. The summed E-state index contributed by atoms with van der Waals surface area (Å²) >= 11 is 17.8. The molecule has 0 bridgehead atoms. The van der Waals surface area contributed by atoms with Crippen molar-refractivity contribution in [3.05, 3.63) is 95.6 Å². The molecule has 19 heteroatoms. The fraction of sp³-hybridized carbons (Fsp3) is 0.0938. The summed E-state index contributed by atoms with van der Waals surface area (Å²) in [6.07, 6.45) is 1.17. The quantitative estimate of drug-likeness (QED) is 0.0881. The molecule has 1 aliphatic rings. The van der Waals surface area contributed by atoms with Gasteiger partial charge in [0, 0.05) is 71.7 Å². The molecule has 0 saturated carbocycles. The molecule has 0 radical (unpaired) electrons. The standard InChI is InChI=1S/C16H11Br2N3O3S.C16H14BrN3O3S.Br2/c17-7-1-3-8(4-2-7)20-16(24)21-15-11(14(19)23)9-5-6-10(22)12(18)13(9)25-15;17-8-1-3-9(4-2-8)19-16(23)20-15-13(14(18)22)11-6-5-10(21)7-12(11)24-15;1-2/h1-6,22H,(H2,19,23)(H2,20,21,24);1-4H,5-7H2,(H2,18,22)(H2,19,20,23);. The van der Waals surface area contributed by atoms with Crippen LogP contribution in [0, 0.1) is 0 Å². The van der Waals surface area contributed by atoms with Crippen molar-refractivity contribution in [3.8, 4) is 5.75 Å². The molecule has 0 spiro atoms. The van der Waals surface area contributed by atoms with Crippen LogP contribution in [0.25, 0.3) is 10.1 Å². The molecule has 0 atom stereocenters. The van der Waals surface area contributed by atoms with E-state index in [2.05, 4.69) is 97.3 Å². The lowest BCUT2D eigenvalue weighted by Gasteiger charge is -2.10. The second-order valence-electron chi connectivity index (χ2n) is 10.4. The van der Waals surface area contributed by atoms with Crippen molar-refractivity contribution in [2.45, 2.75) is 19.3 Å². The molecule has 51 heavy (non-hydrogen) atoms. The Morgan fingerprint density at radius 2 is 1.16 bits per heavy atom. The van der Waals surface area contributed by atoms with E-state index in [9.17, 15) is 29.1 Å². The normalized spacial score (nSPS) is 11.6. The lowest BCUT2D eigenvalue weighted by Crippen LogP contribution is -2.22. The van der Waals surface area contributed by atoms with Crippen LogP contribution in [0.15, 0.2) is 74.1 Å². The minimum Gasteiger partial charge on any atom is -0.507 e. The van der Waals surface area contributed by atoms with Gasteiger partial charge in [0.1, 0.15) is 21.5 Å². The van der Waals surface area contributed by atoms with Gasteiger partial charge in [0.15, 0.2) is 0 Å². The Hall–Kier alpha value is -3.33. The number of nitrogens with two attached hydrogens (primary N) is 2. The van der Waals surface area contributed by atoms with Crippen LogP contribution < -0.4 is 32.7 Å². The Morgan fingerprint density at radius 1 is 0.667 bits per heavy atom. The molecule has 0 aliphatic heterocycles. The van der Waals surface area contributed by atoms with Crippen molar-refractivity contribution in [1.29, 1.82) is 0 Å². The molecule has 5 aromatic rings. The van der Waals surface area contributed by atoms with Crippen molar-refractivity contribution in [2.24, 2.45) is 11.5 Å². The highest BCUT2D eigenvalue weighted by atomic mass is 80.9. The monoisotopic (exact) mass is 1050 g/mol. The summed E-state index contributed by atoms with van der Waals surface area (Å²) in [6, 6.07) is 16.2. The summed E-state index contributed by atoms with van der Waals surface area (Å²) in [5.41, 5.74) is 13.5. The minimum atomic E-state index is -0.664. The third kappa shape index (κ3) is 10.4. The number of phenols is 1. The van der Waals surface area contributed by atoms with E-state index in [0.29, 0.717) is 54.3 Å². The van der Waals surface area contributed by atoms with Crippen LogP contribution in [0.3, 0.4) is 0 Å². The first-order valence-electron chi connectivity index (χ1n) is 14.3. The van der Waals surface area contributed by atoms with E-state index in [1.165, 1.54) is 17.4 Å². The molecule has 0 unspecified atom stereocenters. The number of carbonyl (C=O) groups is 5. The van der Waals surface area contributed by atoms with E-state index in [4.69, 9.17) is 11.5 Å². The fourth-order valence-corrected chi connectivity index (χ4v) is 8.38. The number of rotatable bonds is 6. The van der Waals surface area contributed by atoms with E-state index >= 15 is 0 Å². The molecule has 0 fully saturated rings. The summed E-state index contributed by atoms with van der Waals surface area (Å²) in [5, 5.41) is 21.7. The van der Waals surface area contributed by atoms with Crippen molar-refractivity contribution in [3.63, 3.8) is 0 Å². The number of thiophene rings is 2. The highest BCUT2D eigenvalue weighted by molar-refractivity contribution is 9.93. The van der Waals surface area contributed by atoms with Crippen molar-refractivity contribution >= 4 is 160 Å². The van der Waals surface area contributed by atoms with Gasteiger partial charge in [0.05, 0.1) is 20.3 Å². The van der Waals surface area contributed by atoms with Gasteiger partial charge in [-0.15, -0.1) is 22.7 Å².